The Hall–Kier alpha value is -7.48. The van der Waals surface area contributed by atoms with Gasteiger partial charge in [0.15, 0.2) is 23.5 Å². The average molecular weight is 1680 g/mol. The molecule has 6 fully saturated rings. The van der Waals surface area contributed by atoms with Crippen LogP contribution >= 0.6 is 46.6 Å². The van der Waals surface area contributed by atoms with Gasteiger partial charge in [-0.2, -0.15) is 81.1 Å². The van der Waals surface area contributed by atoms with Crippen molar-refractivity contribution >= 4 is 93.2 Å². The summed E-state index contributed by atoms with van der Waals surface area (Å²) in [6, 6.07) is 21.9. The fourth-order valence-electron chi connectivity index (χ4n) is 12.2. The normalized spacial score (nSPS) is 22.4. The van der Waals surface area contributed by atoms with Crippen LogP contribution < -0.4 is 26.6 Å². The summed E-state index contributed by atoms with van der Waals surface area (Å²) in [6.45, 7) is 4.34. The number of nitrogens with two attached hydrogens (primary N) is 2. The van der Waals surface area contributed by atoms with Gasteiger partial charge in [0.05, 0.1) is 19.8 Å². The molecule has 6 aliphatic heterocycles. The zero-order valence-corrected chi connectivity index (χ0v) is 61.7. The molecule has 2 aromatic heterocycles. The van der Waals surface area contributed by atoms with Crippen molar-refractivity contribution in [3.8, 4) is 6.19 Å². The minimum absolute atomic E-state index is 0.0111. The van der Waals surface area contributed by atoms with Crippen molar-refractivity contribution in [2.24, 2.45) is 4.99 Å². The van der Waals surface area contributed by atoms with Gasteiger partial charge in [0.2, 0.25) is 30.0 Å². The second-order valence-electron chi connectivity index (χ2n) is 25.7. The third kappa shape index (κ3) is 30.1. The lowest BCUT2D eigenvalue weighted by Gasteiger charge is -2.47. The second-order valence-corrected chi connectivity index (χ2v) is 27.8. The Morgan fingerprint density at radius 3 is 1.20 bits per heavy atom. The van der Waals surface area contributed by atoms with Gasteiger partial charge in [-0.1, -0.05) is 83.0 Å². The predicted octanol–water partition coefficient (Wildman–Crippen LogP) is 8.77. The van der Waals surface area contributed by atoms with E-state index in [2.05, 4.69) is 50.5 Å². The maximum atomic E-state index is 13.1. The first-order valence-electron chi connectivity index (χ1n) is 33.7. The maximum Gasteiger partial charge on any atom is 0.490 e. The van der Waals surface area contributed by atoms with E-state index in [4.69, 9.17) is 90.7 Å². The number of ether oxygens (including phenoxy) is 3. The molecule has 27 nitrogen and oxygen atoms in total. The highest BCUT2D eigenvalue weighted by molar-refractivity contribution is 8.13. The minimum atomic E-state index is -5.08. The van der Waals surface area contributed by atoms with E-state index in [0.717, 1.165) is 47.5 Å². The summed E-state index contributed by atoms with van der Waals surface area (Å²) >= 11 is 19.2. The van der Waals surface area contributed by atoms with Crippen LogP contribution in [0.25, 0.3) is 0 Å². The zero-order chi connectivity index (χ0) is 82.3. The lowest BCUT2D eigenvalue weighted by atomic mass is 9.95. The van der Waals surface area contributed by atoms with Gasteiger partial charge in [-0.15, -0.1) is 15.2 Å². The van der Waals surface area contributed by atoms with E-state index in [1.54, 1.807) is 42.6 Å². The van der Waals surface area contributed by atoms with Gasteiger partial charge in [-0.25, -0.2) is 19.8 Å². The number of aliphatic hydroxyl groups is 3. The van der Waals surface area contributed by atoms with Gasteiger partial charge in [0, 0.05) is 117 Å². The van der Waals surface area contributed by atoms with Gasteiger partial charge in [0.1, 0.15) is 24.1 Å². The van der Waals surface area contributed by atoms with Crippen molar-refractivity contribution in [2.45, 2.75) is 156 Å². The number of benzene rings is 3. The van der Waals surface area contributed by atoms with E-state index in [-0.39, 0.29) is 81.6 Å². The van der Waals surface area contributed by atoms with Gasteiger partial charge in [-0.05, 0) is 104 Å². The average Bonchev–Trinajstić information content (AvgIpc) is 1.24. The van der Waals surface area contributed by atoms with Gasteiger partial charge >= 0.3 is 42.8 Å². The van der Waals surface area contributed by atoms with E-state index in [0.29, 0.717) is 104 Å². The topological polar surface area (TPSA) is 380 Å². The number of nitrogens with zero attached hydrogens (tertiary/aromatic N) is 11. The van der Waals surface area contributed by atoms with Crippen molar-refractivity contribution in [3.05, 3.63) is 105 Å². The lowest BCUT2D eigenvalue weighted by Crippen LogP contribution is -2.60. The lowest BCUT2D eigenvalue weighted by molar-refractivity contribution is -0.250. The summed E-state index contributed by atoms with van der Waals surface area (Å²) in [7, 11) is 0. The number of ketones is 1. The Bertz CT molecular complexity index is 3580. The number of carboxylic acid groups (broad SMARTS) is 2. The number of morpholine rings is 3. The van der Waals surface area contributed by atoms with Crippen LogP contribution in [0.2, 0.25) is 15.1 Å². The number of Topliss-reactive ketones (excluding diaryl/α,β-unsaturated/α-hetero) is 1. The number of rotatable bonds is 13. The van der Waals surface area contributed by atoms with Crippen LogP contribution in [0.3, 0.4) is 0 Å². The summed E-state index contributed by atoms with van der Waals surface area (Å²) in [5, 5.41) is 70.3. The largest absolute Gasteiger partial charge is 0.490 e. The van der Waals surface area contributed by atoms with Gasteiger partial charge in [0.25, 0.3) is 0 Å². The number of hydrogen-bond acceptors (Lipinski definition) is 23. The number of piperidine rings is 3. The molecule has 8 heterocycles. The van der Waals surface area contributed by atoms with E-state index in [1.165, 1.54) is 11.8 Å². The molecule has 11 rings (SSSR count). The standard InChI is InChI=1S/2C20H26ClF3N6O2.C13H15ClF3NO2.C8H11N3OS.2C2HF3O2/c2*21-13-3-1-12(2-4-13)9-15-11-32-16(17(31)20(22,23)24)10-30(15)14-5-7-29(8-6-14)19-26-18(25)27-28-19;14-9-3-1-8(2-4-9)5-10-7-20-11(6-18-10)12(19)13(15,16)17;1-13-8(10-6-9)11-4-2-7(12)3-5-11;2*3-2(4,5)1(6)7/h2*1-4,14-17,31H,5-11H2,(H3,25,26,27,28);1-4,10-12,18-19H,5-7H2;2-5H2,1H3;2*(H,6,7)/t15-,16+,17+;15-,16+,17-;10-,11?,12?;;;/m000.../s1. The Morgan fingerprint density at radius 2 is 0.910 bits per heavy atom. The third-order valence-electron chi connectivity index (χ3n) is 17.9. The number of anilines is 4. The van der Waals surface area contributed by atoms with Gasteiger partial charge in [-0.3, -0.25) is 14.6 Å². The van der Waals surface area contributed by atoms with Crippen molar-refractivity contribution < 1.29 is 120 Å². The van der Waals surface area contributed by atoms with Crippen molar-refractivity contribution in [1.29, 1.82) is 5.26 Å². The smallest absolute Gasteiger partial charge is 0.475 e. The Labute approximate surface area is 643 Å². The molecular formula is C65H80Cl3F15N16O11S. The van der Waals surface area contributed by atoms with Crippen LogP contribution in [-0.4, -0.2) is 276 Å². The van der Waals surface area contributed by atoms with Crippen LogP contribution in [0.1, 0.15) is 55.2 Å². The molecule has 111 heavy (non-hydrogen) atoms. The number of carbonyl (C=O) groups excluding carboxylic acids is 1. The fourth-order valence-corrected chi connectivity index (χ4v) is 13.2. The van der Waals surface area contributed by atoms with E-state index >= 15 is 0 Å². The number of thioether (sulfide) groups is 1. The number of aromatic amines is 2. The highest BCUT2D eigenvalue weighted by Crippen LogP contribution is 2.35. The first kappa shape index (κ1) is 92.4. The number of carboxylic acids is 2. The Balaban J connectivity index is 0.000000226. The van der Waals surface area contributed by atoms with Crippen LogP contribution in [0, 0.1) is 11.5 Å². The number of hydrogen-bond donors (Lipinski definition) is 10. The molecule has 12 N–H and O–H groups in total. The summed E-state index contributed by atoms with van der Waals surface area (Å²) < 4.78 is 195. The number of H-pyrrole nitrogens is 2. The van der Waals surface area contributed by atoms with Crippen molar-refractivity contribution in [3.63, 3.8) is 0 Å². The summed E-state index contributed by atoms with van der Waals surface area (Å²) in [6.07, 6.45) is -26.1. The number of aliphatic carboxylic acids is 2. The second kappa shape index (κ2) is 42.0. The molecule has 0 saturated carbocycles. The Kier molecular flexibility index (Phi) is 35.0. The maximum absolute atomic E-state index is 13.1. The molecule has 0 spiro atoms. The first-order valence-corrected chi connectivity index (χ1v) is 36.1. The van der Waals surface area contributed by atoms with Crippen molar-refractivity contribution in [2.75, 3.05) is 106 Å². The van der Waals surface area contributed by atoms with Crippen molar-refractivity contribution in [1.82, 2.24) is 50.4 Å². The molecule has 2 unspecified atom stereocenters. The molecule has 9 atom stereocenters. The molecule has 6 aliphatic rings. The molecule has 0 amide bonds. The van der Waals surface area contributed by atoms with Crippen LogP contribution in [0.5, 0.6) is 0 Å². The molecule has 0 radical (unpaired) electrons. The quantitative estimate of drug-likeness (QED) is 0.0228. The molecule has 618 valence electrons. The zero-order valence-electron chi connectivity index (χ0n) is 58.6. The highest BCUT2D eigenvalue weighted by Gasteiger charge is 2.51. The van der Waals surface area contributed by atoms with Crippen LogP contribution in [0.15, 0.2) is 77.8 Å². The van der Waals surface area contributed by atoms with E-state index in [1.807, 2.05) is 57.4 Å². The number of amidine groups is 1. The molecule has 3 aromatic carbocycles. The molecule has 5 aromatic rings. The van der Waals surface area contributed by atoms with E-state index in [9.17, 15) is 80.9 Å². The number of nitrogens with one attached hydrogen (secondary N) is 3. The predicted molar refractivity (Wildman–Crippen MR) is 375 cm³/mol. The molecule has 0 aliphatic carbocycles. The highest BCUT2D eigenvalue weighted by atomic mass is 35.5. The first-order chi connectivity index (χ1) is 51.9. The number of carbonyl (C=O) groups is 3. The summed E-state index contributed by atoms with van der Waals surface area (Å²) in [5.74, 6) is -3.70. The summed E-state index contributed by atoms with van der Waals surface area (Å²) in [5.41, 5.74) is 14.3. The number of nitrogen functional groups attached to an aromatic ring is 2. The monoisotopic (exact) mass is 1680 g/mol. The number of alkyl halides is 15. The Morgan fingerprint density at radius 1 is 0.577 bits per heavy atom. The number of aliphatic hydroxyl groups excluding tert-OH is 3. The fraction of sp³-hybridized carbons (Fsp3) is 0.585. The van der Waals surface area contributed by atoms with Crippen LogP contribution in [-0.2, 0) is 47.9 Å². The SMILES string of the molecule is CSC(=NC#N)N1CCC(=O)CC1.Nc1nc(N2CCC(N3C[C@H]([C@@H](O)C(F)(F)F)OC[C@@H]3Cc3ccc(Cl)cc3)CC2)n[nH]1.Nc1nc(N2CCC(N3C[C@H]([C@H](O)C(F)(F)F)OC[C@@H]3Cc3ccc(Cl)cc3)CC2)n[nH]1.O=C(O)C(F)(F)F.O=C(O)C(F)(F)F.OC(C1CN[C@@H](Cc2ccc(Cl)cc2)CO1)C(F)(F)F. The third-order valence-corrected chi connectivity index (χ3v) is 19.4. The molecule has 6 saturated heterocycles. The number of halogens is 18. The number of aromatic nitrogens is 6. The van der Waals surface area contributed by atoms with Crippen LogP contribution in [0.4, 0.5) is 89.6 Å². The minimum Gasteiger partial charge on any atom is -0.475 e. The number of aliphatic imine (C=N–C) groups is 1. The van der Waals surface area contributed by atoms with E-state index < -0.39 is 79.4 Å². The molecular weight excluding hydrogens is 1600 g/mol. The molecule has 46 heteroatoms. The summed E-state index contributed by atoms with van der Waals surface area (Å²) in [4.78, 5) is 50.8. The number of likely N-dealkylation sites (tertiary alicyclic amines) is 1. The van der Waals surface area contributed by atoms with Gasteiger partial charge < -0.3 is 71.2 Å². The molecule has 0 bridgehead atoms. The number of nitriles is 1.